The Bertz CT molecular complexity index is 183. The Kier molecular flexibility index (Phi) is 7.03. The molecule has 0 aliphatic carbocycles. The molecule has 0 radical (unpaired) electrons. The highest BCUT2D eigenvalue weighted by molar-refractivity contribution is 4.78. The second-order valence-electron chi connectivity index (χ2n) is 5.07. The molecule has 0 amide bonds. The Morgan fingerprint density at radius 1 is 1.31 bits per heavy atom. The maximum absolute atomic E-state index is 12.3. The summed E-state index contributed by atoms with van der Waals surface area (Å²) in [6.45, 7) is 7.00. The van der Waals surface area contributed by atoms with E-state index in [2.05, 4.69) is 5.32 Å². The summed E-state index contributed by atoms with van der Waals surface area (Å²) in [5.41, 5.74) is -0.0162. The van der Waals surface area contributed by atoms with Gasteiger partial charge in [-0.1, -0.05) is 0 Å². The minimum absolute atomic E-state index is 0.0162. The van der Waals surface area contributed by atoms with Crippen molar-refractivity contribution < 1.29 is 13.5 Å². The Hall–Kier alpha value is -0.260. The third-order valence-corrected chi connectivity index (χ3v) is 2.28. The summed E-state index contributed by atoms with van der Waals surface area (Å²) in [7, 11) is 3.28. The standard InChI is InChI=1S/C11H24F2N2O/c1-11(2,3)14-6-9(8-16-5)15(4)7-10(12)13/h9-10,14H,6-8H2,1-5H3. The van der Waals surface area contributed by atoms with Crippen LogP contribution in [0.15, 0.2) is 0 Å². The van der Waals surface area contributed by atoms with Gasteiger partial charge < -0.3 is 10.1 Å². The predicted molar refractivity (Wildman–Crippen MR) is 62.1 cm³/mol. The van der Waals surface area contributed by atoms with Crippen LogP contribution in [0.2, 0.25) is 0 Å². The summed E-state index contributed by atoms with van der Waals surface area (Å²) in [6.07, 6.45) is -2.31. The molecule has 0 aliphatic heterocycles. The van der Waals surface area contributed by atoms with Gasteiger partial charge in [0.25, 0.3) is 6.43 Å². The molecule has 1 atom stereocenters. The van der Waals surface area contributed by atoms with E-state index in [0.717, 1.165) is 0 Å². The molecule has 1 unspecified atom stereocenters. The summed E-state index contributed by atoms with van der Waals surface area (Å²) < 4.78 is 29.6. The normalized spacial score (nSPS) is 14.8. The third kappa shape index (κ3) is 7.96. The van der Waals surface area contributed by atoms with Gasteiger partial charge in [0.1, 0.15) is 0 Å². The first-order valence-electron chi connectivity index (χ1n) is 5.48. The zero-order valence-corrected chi connectivity index (χ0v) is 10.9. The Morgan fingerprint density at radius 3 is 2.25 bits per heavy atom. The Morgan fingerprint density at radius 2 is 1.88 bits per heavy atom. The van der Waals surface area contributed by atoms with Gasteiger partial charge in [-0.05, 0) is 27.8 Å². The summed E-state index contributed by atoms with van der Waals surface area (Å²) in [5, 5.41) is 3.29. The van der Waals surface area contributed by atoms with E-state index < -0.39 is 6.43 Å². The number of likely N-dealkylation sites (N-methyl/N-ethyl adjacent to an activating group) is 1. The number of rotatable bonds is 7. The molecule has 98 valence electrons. The van der Waals surface area contributed by atoms with Crippen LogP contribution in [-0.2, 0) is 4.74 Å². The quantitative estimate of drug-likeness (QED) is 0.729. The molecule has 1 N–H and O–H groups in total. The van der Waals surface area contributed by atoms with Gasteiger partial charge in [0, 0.05) is 25.2 Å². The summed E-state index contributed by atoms with van der Waals surface area (Å²) in [5.74, 6) is 0. The maximum Gasteiger partial charge on any atom is 0.251 e. The van der Waals surface area contributed by atoms with Crippen LogP contribution in [-0.4, -0.2) is 56.8 Å². The van der Waals surface area contributed by atoms with E-state index in [9.17, 15) is 8.78 Å². The van der Waals surface area contributed by atoms with Crippen LogP contribution < -0.4 is 5.32 Å². The van der Waals surface area contributed by atoms with E-state index in [4.69, 9.17) is 4.74 Å². The van der Waals surface area contributed by atoms with Crippen LogP contribution in [0.1, 0.15) is 20.8 Å². The molecular weight excluding hydrogens is 214 g/mol. The molecule has 0 bridgehead atoms. The number of hydrogen-bond donors (Lipinski definition) is 1. The SMILES string of the molecule is COCC(CNC(C)(C)C)N(C)CC(F)F. The molecule has 3 nitrogen and oxygen atoms in total. The Labute approximate surface area is 97.1 Å². The number of nitrogens with zero attached hydrogens (tertiary/aromatic N) is 1. The van der Waals surface area contributed by atoms with Crippen LogP contribution >= 0.6 is 0 Å². The second-order valence-corrected chi connectivity index (χ2v) is 5.07. The lowest BCUT2D eigenvalue weighted by molar-refractivity contribution is 0.0483. The predicted octanol–water partition coefficient (Wildman–Crippen LogP) is 1.59. The molecule has 16 heavy (non-hydrogen) atoms. The van der Waals surface area contributed by atoms with Crippen molar-refractivity contribution >= 4 is 0 Å². The average molecular weight is 238 g/mol. The van der Waals surface area contributed by atoms with Crippen molar-refractivity contribution in [3.05, 3.63) is 0 Å². The van der Waals surface area contributed by atoms with E-state index in [1.165, 1.54) is 0 Å². The fourth-order valence-electron chi connectivity index (χ4n) is 1.33. The van der Waals surface area contributed by atoms with Crippen LogP contribution in [0.3, 0.4) is 0 Å². The van der Waals surface area contributed by atoms with Crippen LogP contribution in [0.4, 0.5) is 8.78 Å². The molecule has 0 saturated heterocycles. The lowest BCUT2D eigenvalue weighted by atomic mass is 10.1. The summed E-state index contributed by atoms with van der Waals surface area (Å²) >= 11 is 0. The minimum atomic E-state index is -2.31. The van der Waals surface area contributed by atoms with Gasteiger partial charge in [-0.3, -0.25) is 4.90 Å². The molecule has 0 aromatic carbocycles. The molecule has 0 spiro atoms. The lowest BCUT2D eigenvalue weighted by Gasteiger charge is -2.31. The molecule has 0 aliphatic rings. The topological polar surface area (TPSA) is 24.5 Å². The minimum Gasteiger partial charge on any atom is -0.383 e. The average Bonchev–Trinajstić information content (AvgIpc) is 2.09. The van der Waals surface area contributed by atoms with E-state index in [1.54, 1.807) is 19.1 Å². The van der Waals surface area contributed by atoms with Gasteiger partial charge in [-0.15, -0.1) is 0 Å². The Balaban J connectivity index is 4.14. The highest BCUT2D eigenvalue weighted by Gasteiger charge is 2.20. The lowest BCUT2D eigenvalue weighted by Crippen LogP contribution is -2.49. The maximum atomic E-state index is 12.3. The number of alkyl halides is 2. The molecule has 0 fully saturated rings. The number of ether oxygens (including phenoxy) is 1. The van der Waals surface area contributed by atoms with Crippen molar-refractivity contribution in [3.8, 4) is 0 Å². The largest absolute Gasteiger partial charge is 0.383 e. The van der Waals surface area contributed by atoms with Gasteiger partial charge in [0.15, 0.2) is 0 Å². The van der Waals surface area contributed by atoms with E-state index in [0.29, 0.717) is 13.2 Å². The molecule has 0 aromatic rings. The van der Waals surface area contributed by atoms with Crippen LogP contribution in [0, 0.1) is 0 Å². The van der Waals surface area contributed by atoms with Crippen LogP contribution in [0.5, 0.6) is 0 Å². The number of halogens is 2. The van der Waals surface area contributed by atoms with Crippen molar-refractivity contribution in [2.24, 2.45) is 0 Å². The zero-order chi connectivity index (χ0) is 12.8. The number of methoxy groups -OCH3 is 1. The number of hydrogen-bond acceptors (Lipinski definition) is 3. The van der Waals surface area contributed by atoms with Gasteiger partial charge in [0.05, 0.1) is 13.2 Å². The summed E-state index contributed by atoms with van der Waals surface area (Å²) in [4.78, 5) is 1.63. The molecule has 0 aromatic heterocycles. The molecule has 0 saturated carbocycles. The van der Waals surface area contributed by atoms with E-state index >= 15 is 0 Å². The molecular formula is C11H24F2N2O. The van der Waals surface area contributed by atoms with Crippen molar-refractivity contribution in [1.82, 2.24) is 10.2 Å². The first-order valence-corrected chi connectivity index (χ1v) is 5.48. The molecule has 0 rings (SSSR count). The van der Waals surface area contributed by atoms with Crippen molar-refractivity contribution in [1.29, 1.82) is 0 Å². The third-order valence-electron chi connectivity index (χ3n) is 2.28. The fourth-order valence-corrected chi connectivity index (χ4v) is 1.33. The van der Waals surface area contributed by atoms with Gasteiger partial charge in [0.2, 0.25) is 0 Å². The first kappa shape index (κ1) is 15.7. The number of nitrogens with one attached hydrogen (secondary N) is 1. The van der Waals surface area contributed by atoms with Crippen molar-refractivity contribution in [2.75, 3.05) is 33.9 Å². The van der Waals surface area contributed by atoms with Crippen LogP contribution in [0.25, 0.3) is 0 Å². The van der Waals surface area contributed by atoms with Crippen molar-refractivity contribution in [2.45, 2.75) is 38.8 Å². The highest BCUT2D eigenvalue weighted by atomic mass is 19.3. The zero-order valence-electron chi connectivity index (χ0n) is 10.9. The van der Waals surface area contributed by atoms with E-state index in [-0.39, 0.29) is 18.1 Å². The monoisotopic (exact) mass is 238 g/mol. The van der Waals surface area contributed by atoms with Gasteiger partial charge in [-0.2, -0.15) is 0 Å². The van der Waals surface area contributed by atoms with E-state index in [1.807, 2.05) is 20.8 Å². The van der Waals surface area contributed by atoms with Gasteiger partial charge >= 0.3 is 0 Å². The highest BCUT2D eigenvalue weighted by Crippen LogP contribution is 2.04. The summed E-state index contributed by atoms with van der Waals surface area (Å²) in [6, 6.07) is -0.0294. The fraction of sp³-hybridized carbons (Fsp3) is 1.00. The van der Waals surface area contributed by atoms with Gasteiger partial charge in [-0.25, -0.2) is 8.78 Å². The molecule has 5 heteroatoms. The molecule has 0 heterocycles. The smallest absolute Gasteiger partial charge is 0.251 e. The second kappa shape index (κ2) is 7.14. The van der Waals surface area contributed by atoms with Crippen molar-refractivity contribution in [3.63, 3.8) is 0 Å². The first-order chi connectivity index (χ1) is 7.26.